The maximum atomic E-state index is 12.6. The van der Waals surface area contributed by atoms with Crippen molar-refractivity contribution >= 4 is 39.2 Å². The van der Waals surface area contributed by atoms with Crippen LogP contribution in [0.5, 0.6) is 11.5 Å². The van der Waals surface area contributed by atoms with Crippen LogP contribution in [-0.2, 0) is 11.3 Å². The average molecular weight is 402 g/mol. The van der Waals surface area contributed by atoms with Crippen LogP contribution in [0.2, 0.25) is 0 Å². The Labute approximate surface area is 165 Å². The zero-order valence-corrected chi connectivity index (χ0v) is 16.9. The van der Waals surface area contributed by atoms with Crippen molar-refractivity contribution < 1.29 is 14.3 Å². The molecule has 0 saturated heterocycles. The topological polar surface area (TPSA) is 73.3 Å². The number of thiophene rings is 1. The van der Waals surface area contributed by atoms with E-state index in [4.69, 9.17) is 9.47 Å². The van der Waals surface area contributed by atoms with Gasteiger partial charge in [-0.2, -0.15) is 0 Å². The summed E-state index contributed by atoms with van der Waals surface area (Å²) in [7, 11) is 0. The molecule has 2 aromatic heterocycles. The number of rotatable bonds is 5. The molecule has 3 heterocycles. The molecule has 0 unspecified atom stereocenters. The van der Waals surface area contributed by atoms with E-state index in [1.165, 1.54) is 22.2 Å². The predicted molar refractivity (Wildman–Crippen MR) is 107 cm³/mol. The van der Waals surface area contributed by atoms with Gasteiger partial charge < -0.3 is 14.8 Å². The molecular formula is C19H19N3O3S2. The van der Waals surface area contributed by atoms with E-state index >= 15 is 0 Å². The van der Waals surface area contributed by atoms with Crippen molar-refractivity contribution in [3.05, 3.63) is 40.5 Å². The molecule has 0 saturated carbocycles. The SMILES string of the molecule is Cc1sc2ncnc(S[C@@H](C)C(=O)NCc3ccc4c(c3)OCO4)c2c1C. The van der Waals surface area contributed by atoms with E-state index in [9.17, 15) is 4.79 Å². The molecule has 3 aromatic rings. The van der Waals surface area contributed by atoms with E-state index in [1.54, 1.807) is 17.7 Å². The first-order valence-corrected chi connectivity index (χ1v) is 10.3. The van der Waals surface area contributed by atoms with Gasteiger partial charge in [0.25, 0.3) is 0 Å². The zero-order chi connectivity index (χ0) is 19.0. The molecule has 1 amide bonds. The Kier molecular flexibility index (Phi) is 4.92. The number of hydrogen-bond donors (Lipinski definition) is 1. The Balaban J connectivity index is 1.43. The molecule has 0 bridgehead atoms. The highest BCUT2D eigenvalue weighted by Gasteiger charge is 2.20. The second kappa shape index (κ2) is 7.36. The number of amides is 1. The number of carbonyl (C=O) groups excluding carboxylic acids is 1. The first-order valence-electron chi connectivity index (χ1n) is 8.56. The van der Waals surface area contributed by atoms with E-state index < -0.39 is 0 Å². The number of aryl methyl sites for hydroxylation is 2. The molecule has 140 valence electrons. The standard InChI is InChI=1S/C19H19N3O3S2/c1-10-11(2)26-18-16(10)19(22-8-21-18)27-12(3)17(23)20-7-13-4-5-14-15(6-13)25-9-24-14/h4-6,8,12H,7,9H2,1-3H3,(H,20,23)/t12-/m0/s1. The normalized spacial score (nSPS) is 13.7. The third-order valence-corrected chi connectivity index (χ3v) is 6.71. The highest BCUT2D eigenvalue weighted by Crippen LogP contribution is 2.36. The van der Waals surface area contributed by atoms with Crippen LogP contribution >= 0.6 is 23.1 Å². The summed E-state index contributed by atoms with van der Waals surface area (Å²) in [6.07, 6.45) is 1.57. The van der Waals surface area contributed by atoms with Crippen LogP contribution in [-0.4, -0.2) is 27.9 Å². The Morgan fingerprint density at radius 2 is 2.11 bits per heavy atom. The fraction of sp³-hybridized carbons (Fsp3) is 0.316. The molecule has 0 fully saturated rings. The van der Waals surface area contributed by atoms with Gasteiger partial charge in [0.15, 0.2) is 11.5 Å². The molecule has 1 aromatic carbocycles. The highest BCUT2D eigenvalue weighted by molar-refractivity contribution is 8.00. The lowest BCUT2D eigenvalue weighted by atomic mass is 10.2. The number of ether oxygens (including phenoxy) is 2. The van der Waals surface area contributed by atoms with Crippen molar-refractivity contribution in [2.24, 2.45) is 0 Å². The van der Waals surface area contributed by atoms with Crippen molar-refractivity contribution in [2.45, 2.75) is 37.6 Å². The van der Waals surface area contributed by atoms with Crippen LogP contribution in [0.1, 0.15) is 22.9 Å². The summed E-state index contributed by atoms with van der Waals surface area (Å²) in [6.45, 7) is 6.73. The summed E-state index contributed by atoms with van der Waals surface area (Å²) in [5, 5.41) is 4.62. The van der Waals surface area contributed by atoms with Gasteiger partial charge in [0.2, 0.25) is 12.7 Å². The quantitative estimate of drug-likeness (QED) is 0.517. The van der Waals surface area contributed by atoms with Crippen molar-refractivity contribution in [3.8, 4) is 11.5 Å². The van der Waals surface area contributed by atoms with E-state index in [0.29, 0.717) is 6.54 Å². The largest absolute Gasteiger partial charge is 0.454 e. The maximum Gasteiger partial charge on any atom is 0.233 e. The molecule has 0 radical (unpaired) electrons. The van der Waals surface area contributed by atoms with E-state index in [2.05, 4.69) is 29.1 Å². The Hall–Kier alpha value is -2.32. The summed E-state index contributed by atoms with van der Waals surface area (Å²) in [4.78, 5) is 23.5. The first kappa shape index (κ1) is 18.1. The number of nitrogens with zero attached hydrogens (tertiary/aromatic N) is 2. The molecule has 27 heavy (non-hydrogen) atoms. The minimum absolute atomic E-state index is 0.0333. The van der Waals surface area contributed by atoms with Crippen LogP contribution in [0.3, 0.4) is 0 Å². The van der Waals surface area contributed by atoms with Crippen molar-refractivity contribution in [1.29, 1.82) is 0 Å². The van der Waals surface area contributed by atoms with Crippen molar-refractivity contribution in [2.75, 3.05) is 6.79 Å². The van der Waals surface area contributed by atoms with Crippen LogP contribution < -0.4 is 14.8 Å². The summed E-state index contributed by atoms with van der Waals surface area (Å²) in [6, 6.07) is 5.68. The van der Waals surface area contributed by atoms with Crippen LogP contribution in [0.4, 0.5) is 0 Å². The molecule has 0 spiro atoms. The highest BCUT2D eigenvalue weighted by atomic mass is 32.2. The van der Waals surface area contributed by atoms with Gasteiger partial charge in [-0.05, 0) is 44.0 Å². The first-order chi connectivity index (χ1) is 13.0. The van der Waals surface area contributed by atoms with Gasteiger partial charge in [0, 0.05) is 16.8 Å². The van der Waals surface area contributed by atoms with Crippen molar-refractivity contribution in [1.82, 2.24) is 15.3 Å². The number of hydrogen-bond acceptors (Lipinski definition) is 7. The van der Waals surface area contributed by atoms with Gasteiger partial charge in [0.05, 0.1) is 5.25 Å². The van der Waals surface area contributed by atoms with E-state index in [0.717, 1.165) is 32.3 Å². The molecule has 1 aliphatic heterocycles. The minimum Gasteiger partial charge on any atom is -0.454 e. The monoisotopic (exact) mass is 401 g/mol. The third kappa shape index (κ3) is 3.59. The number of benzene rings is 1. The molecule has 0 aliphatic carbocycles. The van der Waals surface area contributed by atoms with Gasteiger partial charge >= 0.3 is 0 Å². The number of aromatic nitrogens is 2. The number of nitrogens with one attached hydrogen (secondary N) is 1. The van der Waals surface area contributed by atoms with Crippen LogP contribution in [0, 0.1) is 13.8 Å². The number of fused-ring (bicyclic) bond motifs is 2. The molecule has 6 nitrogen and oxygen atoms in total. The van der Waals surface area contributed by atoms with Gasteiger partial charge in [-0.3, -0.25) is 4.79 Å². The van der Waals surface area contributed by atoms with Gasteiger partial charge in [0.1, 0.15) is 16.2 Å². The third-order valence-electron chi connectivity index (χ3n) is 4.49. The summed E-state index contributed by atoms with van der Waals surface area (Å²) in [5.41, 5.74) is 2.16. The molecule has 1 N–H and O–H groups in total. The summed E-state index contributed by atoms with van der Waals surface area (Å²) >= 11 is 3.12. The second-order valence-electron chi connectivity index (χ2n) is 6.31. The van der Waals surface area contributed by atoms with Gasteiger partial charge in [-0.15, -0.1) is 11.3 Å². The lowest BCUT2D eigenvalue weighted by molar-refractivity contribution is -0.120. The lowest BCUT2D eigenvalue weighted by Crippen LogP contribution is -2.30. The molecular weight excluding hydrogens is 382 g/mol. The summed E-state index contributed by atoms with van der Waals surface area (Å²) < 4.78 is 10.7. The van der Waals surface area contributed by atoms with E-state index in [1.807, 2.05) is 25.1 Å². The fourth-order valence-electron chi connectivity index (χ4n) is 2.84. The molecule has 1 aliphatic rings. The second-order valence-corrected chi connectivity index (χ2v) is 8.84. The van der Waals surface area contributed by atoms with Gasteiger partial charge in [-0.1, -0.05) is 17.8 Å². The van der Waals surface area contributed by atoms with Crippen molar-refractivity contribution in [3.63, 3.8) is 0 Å². The zero-order valence-electron chi connectivity index (χ0n) is 15.2. The Morgan fingerprint density at radius 3 is 2.96 bits per heavy atom. The minimum atomic E-state index is -0.267. The number of carbonyl (C=O) groups is 1. The Morgan fingerprint density at radius 1 is 1.30 bits per heavy atom. The summed E-state index contributed by atoms with van der Waals surface area (Å²) in [5.74, 6) is 1.42. The molecule has 1 atom stereocenters. The predicted octanol–water partition coefficient (Wildman–Crippen LogP) is 3.83. The Bertz CT molecular complexity index is 1020. The fourth-order valence-corrected chi connectivity index (χ4v) is 4.91. The number of thioether (sulfide) groups is 1. The van der Waals surface area contributed by atoms with Gasteiger partial charge in [-0.25, -0.2) is 9.97 Å². The van der Waals surface area contributed by atoms with Crippen LogP contribution in [0.15, 0.2) is 29.6 Å². The van der Waals surface area contributed by atoms with Crippen LogP contribution in [0.25, 0.3) is 10.2 Å². The average Bonchev–Trinajstić information content (AvgIpc) is 3.24. The maximum absolute atomic E-state index is 12.6. The smallest absolute Gasteiger partial charge is 0.233 e. The molecule has 4 rings (SSSR count). The molecule has 8 heteroatoms. The van der Waals surface area contributed by atoms with E-state index in [-0.39, 0.29) is 18.0 Å². The lowest BCUT2D eigenvalue weighted by Gasteiger charge is -2.12.